The Morgan fingerprint density at radius 1 is 1.44 bits per heavy atom. The second-order valence-corrected chi connectivity index (χ2v) is 6.99. The zero-order valence-corrected chi connectivity index (χ0v) is 16.3. The van der Waals surface area contributed by atoms with Gasteiger partial charge in [-0.15, -0.1) is 0 Å². The lowest BCUT2D eigenvalue weighted by molar-refractivity contribution is -0.123. The van der Waals surface area contributed by atoms with E-state index in [0.29, 0.717) is 10.8 Å². The number of nitrogens with zero attached hydrogens (tertiary/aromatic N) is 2. The number of hydrogen-bond acceptors (Lipinski definition) is 4. The molecular formula is C20H24ClN3O3. The van der Waals surface area contributed by atoms with Crippen LogP contribution in [-0.4, -0.2) is 36.0 Å². The Morgan fingerprint density at radius 3 is 3.00 bits per heavy atom. The SMILES string of the molecule is Cc1cc(/C=N\NC(=O)COc2ccccc2Cl)c(C)n1C[C@@H]1CCCO1. The van der Waals surface area contributed by atoms with E-state index in [0.717, 1.165) is 42.9 Å². The molecule has 1 fully saturated rings. The van der Waals surface area contributed by atoms with Crippen LogP contribution in [0, 0.1) is 13.8 Å². The van der Waals surface area contributed by atoms with Gasteiger partial charge in [-0.2, -0.15) is 5.10 Å². The van der Waals surface area contributed by atoms with Crippen LogP contribution in [0.3, 0.4) is 0 Å². The molecule has 0 spiro atoms. The highest BCUT2D eigenvalue weighted by molar-refractivity contribution is 6.32. The number of benzene rings is 1. The summed E-state index contributed by atoms with van der Waals surface area (Å²) in [5.41, 5.74) is 5.70. The topological polar surface area (TPSA) is 64.8 Å². The highest BCUT2D eigenvalue weighted by Gasteiger charge is 2.18. The van der Waals surface area contributed by atoms with Crippen molar-refractivity contribution in [3.05, 3.63) is 52.3 Å². The van der Waals surface area contributed by atoms with Gasteiger partial charge >= 0.3 is 0 Å². The van der Waals surface area contributed by atoms with Gasteiger partial charge in [-0.3, -0.25) is 4.79 Å². The number of carbonyl (C=O) groups is 1. The van der Waals surface area contributed by atoms with Crippen LogP contribution in [0.5, 0.6) is 5.75 Å². The van der Waals surface area contributed by atoms with Crippen molar-refractivity contribution in [1.29, 1.82) is 0 Å². The Hall–Kier alpha value is -2.31. The fraction of sp³-hybridized carbons (Fsp3) is 0.400. The Bertz CT molecular complexity index is 826. The largest absolute Gasteiger partial charge is 0.482 e. The average molecular weight is 390 g/mol. The number of amides is 1. The number of carbonyl (C=O) groups excluding carboxylic acids is 1. The van der Waals surface area contributed by atoms with Crippen LogP contribution in [0.15, 0.2) is 35.4 Å². The molecule has 0 saturated carbocycles. The minimum Gasteiger partial charge on any atom is -0.482 e. The van der Waals surface area contributed by atoms with Crippen molar-refractivity contribution < 1.29 is 14.3 Å². The number of halogens is 1. The van der Waals surface area contributed by atoms with Crippen LogP contribution in [0.25, 0.3) is 0 Å². The third-order valence-electron chi connectivity index (χ3n) is 4.61. The maximum Gasteiger partial charge on any atom is 0.277 e. The first kappa shape index (κ1) is 19.5. The van der Waals surface area contributed by atoms with Gasteiger partial charge in [-0.05, 0) is 44.9 Å². The second kappa shape index (κ2) is 9.06. The van der Waals surface area contributed by atoms with Gasteiger partial charge in [0.1, 0.15) is 5.75 Å². The zero-order valence-electron chi connectivity index (χ0n) is 15.6. The number of aryl methyl sites for hydroxylation is 1. The third-order valence-corrected chi connectivity index (χ3v) is 4.92. The number of nitrogens with one attached hydrogen (secondary N) is 1. The summed E-state index contributed by atoms with van der Waals surface area (Å²) < 4.78 is 13.3. The first-order chi connectivity index (χ1) is 13.0. The van der Waals surface area contributed by atoms with Gasteiger partial charge in [0, 0.05) is 30.1 Å². The van der Waals surface area contributed by atoms with Crippen molar-refractivity contribution in [3.8, 4) is 5.75 Å². The molecular weight excluding hydrogens is 366 g/mol. The maximum atomic E-state index is 11.9. The van der Waals surface area contributed by atoms with Crippen molar-refractivity contribution in [1.82, 2.24) is 9.99 Å². The average Bonchev–Trinajstić information content (AvgIpc) is 3.25. The third kappa shape index (κ3) is 5.11. The van der Waals surface area contributed by atoms with Gasteiger partial charge in [-0.25, -0.2) is 5.43 Å². The summed E-state index contributed by atoms with van der Waals surface area (Å²) in [5, 5.41) is 4.51. The lowest BCUT2D eigenvalue weighted by Gasteiger charge is -2.14. The molecule has 1 atom stereocenters. The fourth-order valence-corrected chi connectivity index (χ4v) is 3.33. The predicted molar refractivity (Wildman–Crippen MR) is 106 cm³/mol. The van der Waals surface area contributed by atoms with Crippen molar-refractivity contribution in [2.75, 3.05) is 13.2 Å². The predicted octanol–water partition coefficient (Wildman–Crippen LogP) is 3.47. The molecule has 1 aliphatic heterocycles. The molecule has 1 amide bonds. The van der Waals surface area contributed by atoms with Crippen molar-refractivity contribution in [2.24, 2.45) is 5.10 Å². The van der Waals surface area contributed by atoms with E-state index in [4.69, 9.17) is 21.1 Å². The molecule has 0 aliphatic carbocycles. The van der Waals surface area contributed by atoms with E-state index in [1.807, 2.05) is 6.92 Å². The first-order valence-corrected chi connectivity index (χ1v) is 9.40. The van der Waals surface area contributed by atoms with E-state index >= 15 is 0 Å². The molecule has 0 bridgehead atoms. The van der Waals surface area contributed by atoms with Gasteiger partial charge < -0.3 is 14.0 Å². The van der Waals surface area contributed by atoms with E-state index in [9.17, 15) is 4.79 Å². The number of hydrogen-bond donors (Lipinski definition) is 1. The number of hydrazone groups is 1. The van der Waals surface area contributed by atoms with E-state index in [1.165, 1.54) is 0 Å². The van der Waals surface area contributed by atoms with Crippen LogP contribution in [0.2, 0.25) is 5.02 Å². The number of rotatable bonds is 7. The minimum atomic E-state index is -0.348. The summed E-state index contributed by atoms with van der Waals surface area (Å²) in [6.45, 7) is 5.66. The molecule has 2 heterocycles. The van der Waals surface area contributed by atoms with Gasteiger partial charge in [0.15, 0.2) is 6.61 Å². The van der Waals surface area contributed by atoms with Crippen LogP contribution in [0.1, 0.15) is 29.8 Å². The molecule has 2 aromatic rings. The molecule has 144 valence electrons. The first-order valence-electron chi connectivity index (χ1n) is 9.02. The summed E-state index contributed by atoms with van der Waals surface area (Å²) in [4.78, 5) is 11.9. The standard InChI is InChI=1S/C20H24ClN3O3/c1-14-10-16(15(2)24(14)12-17-6-5-9-26-17)11-22-23-20(25)13-27-19-8-4-3-7-18(19)21/h3-4,7-8,10-11,17H,5-6,9,12-13H2,1-2H3,(H,23,25)/b22-11-/t17-/m0/s1. The van der Waals surface area contributed by atoms with Crippen molar-refractivity contribution in [3.63, 3.8) is 0 Å². The number of aromatic nitrogens is 1. The van der Waals surface area contributed by atoms with Gasteiger partial charge in [0.2, 0.25) is 0 Å². The molecule has 1 N–H and O–H groups in total. The van der Waals surface area contributed by atoms with Crippen molar-refractivity contribution in [2.45, 2.75) is 39.3 Å². The quantitative estimate of drug-likeness (QED) is 0.582. The van der Waals surface area contributed by atoms with Gasteiger partial charge in [0.05, 0.1) is 17.3 Å². The summed E-state index contributed by atoms with van der Waals surface area (Å²) >= 11 is 5.99. The number of ether oxygens (including phenoxy) is 2. The molecule has 1 aliphatic rings. The van der Waals surface area contributed by atoms with E-state index in [2.05, 4.69) is 28.1 Å². The fourth-order valence-electron chi connectivity index (χ4n) is 3.14. The molecule has 6 nitrogen and oxygen atoms in total. The Balaban J connectivity index is 1.53. The van der Waals surface area contributed by atoms with Crippen LogP contribution >= 0.6 is 11.6 Å². The molecule has 0 radical (unpaired) electrons. The Labute approximate surface area is 164 Å². The van der Waals surface area contributed by atoms with Crippen LogP contribution in [-0.2, 0) is 16.1 Å². The minimum absolute atomic E-state index is 0.154. The summed E-state index contributed by atoms with van der Waals surface area (Å²) in [6.07, 6.45) is 4.16. The lowest BCUT2D eigenvalue weighted by atomic mass is 10.2. The molecule has 1 saturated heterocycles. The molecule has 27 heavy (non-hydrogen) atoms. The molecule has 0 unspecified atom stereocenters. The Kier molecular flexibility index (Phi) is 6.53. The van der Waals surface area contributed by atoms with E-state index < -0.39 is 0 Å². The molecule has 7 heteroatoms. The summed E-state index contributed by atoms with van der Waals surface area (Å²) in [7, 11) is 0. The van der Waals surface area contributed by atoms with Gasteiger partial charge in [-0.1, -0.05) is 23.7 Å². The maximum absolute atomic E-state index is 11.9. The molecule has 1 aromatic carbocycles. The van der Waals surface area contributed by atoms with E-state index in [-0.39, 0.29) is 18.6 Å². The highest BCUT2D eigenvalue weighted by atomic mass is 35.5. The van der Waals surface area contributed by atoms with Crippen LogP contribution in [0.4, 0.5) is 0 Å². The summed E-state index contributed by atoms with van der Waals surface area (Å²) in [6, 6.07) is 9.07. The monoisotopic (exact) mass is 389 g/mol. The Morgan fingerprint density at radius 2 is 2.26 bits per heavy atom. The lowest BCUT2D eigenvalue weighted by Crippen LogP contribution is -2.24. The zero-order chi connectivity index (χ0) is 19.2. The van der Waals surface area contributed by atoms with Crippen LogP contribution < -0.4 is 10.2 Å². The molecule has 1 aromatic heterocycles. The van der Waals surface area contributed by atoms with Gasteiger partial charge in [0.25, 0.3) is 5.91 Å². The smallest absolute Gasteiger partial charge is 0.277 e. The second-order valence-electron chi connectivity index (χ2n) is 6.58. The van der Waals surface area contributed by atoms with Crippen molar-refractivity contribution >= 4 is 23.7 Å². The van der Waals surface area contributed by atoms with E-state index in [1.54, 1.807) is 30.5 Å². The summed E-state index contributed by atoms with van der Waals surface area (Å²) in [5.74, 6) is 0.121. The number of para-hydroxylation sites is 1. The normalized spacial score (nSPS) is 16.8. The highest BCUT2D eigenvalue weighted by Crippen LogP contribution is 2.23. The molecule has 3 rings (SSSR count).